The van der Waals surface area contributed by atoms with Crippen LogP contribution in [-0.2, 0) is 0 Å². The van der Waals surface area contributed by atoms with Gasteiger partial charge in [-0.15, -0.1) is 5.10 Å². The van der Waals surface area contributed by atoms with Crippen molar-refractivity contribution >= 4 is 16.7 Å². The molecule has 0 atom stereocenters. The molecule has 0 bridgehead atoms. The van der Waals surface area contributed by atoms with Crippen molar-refractivity contribution in [2.75, 3.05) is 21.3 Å². The predicted molar refractivity (Wildman–Crippen MR) is 119 cm³/mol. The molecule has 5 rings (SSSR count). The van der Waals surface area contributed by atoms with Crippen LogP contribution in [0.3, 0.4) is 0 Å². The van der Waals surface area contributed by atoms with Crippen LogP contribution in [0.5, 0.6) is 17.2 Å². The van der Waals surface area contributed by atoms with Crippen LogP contribution in [0.2, 0.25) is 0 Å². The average Bonchev–Trinajstić information content (AvgIpc) is 3.21. The van der Waals surface area contributed by atoms with E-state index in [1.54, 1.807) is 27.5 Å². The highest BCUT2D eigenvalue weighted by Gasteiger charge is 2.19. The van der Waals surface area contributed by atoms with Gasteiger partial charge in [0.15, 0.2) is 22.8 Å². The van der Waals surface area contributed by atoms with Gasteiger partial charge in [-0.3, -0.25) is 0 Å². The van der Waals surface area contributed by atoms with Crippen molar-refractivity contribution in [1.82, 2.24) is 19.6 Å². The molecule has 0 radical (unpaired) electrons. The van der Waals surface area contributed by atoms with Crippen LogP contribution in [-0.4, -0.2) is 40.9 Å². The summed E-state index contributed by atoms with van der Waals surface area (Å²) in [5.74, 6) is 1.67. The SMILES string of the molecule is COc1cc(-c2cc(-c3ccccc3)nc3c4cccnc4nn23)cc(OC)c1OC. The zero-order valence-corrected chi connectivity index (χ0v) is 17.4. The van der Waals surface area contributed by atoms with Gasteiger partial charge >= 0.3 is 0 Å². The maximum absolute atomic E-state index is 5.56. The molecule has 0 amide bonds. The molecule has 0 aliphatic rings. The first-order chi connectivity index (χ1) is 15.2. The second kappa shape index (κ2) is 7.60. The highest BCUT2D eigenvalue weighted by molar-refractivity contribution is 5.92. The second-order valence-electron chi connectivity index (χ2n) is 6.92. The van der Waals surface area contributed by atoms with Crippen LogP contribution < -0.4 is 14.2 Å². The lowest BCUT2D eigenvalue weighted by atomic mass is 10.1. The molecular formula is C24H20N4O3. The Morgan fingerprint density at radius 1 is 0.774 bits per heavy atom. The van der Waals surface area contributed by atoms with Crippen LogP contribution in [0, 0.1) is 0 Å². The van der Waals surface area contributed by atoms with Gasteiger partial charge in [-0.25, -0.2) is 14.5 Å². The molecule has 3 heterocycles. The Kier molecular flexibility index (Phi) is 4.63. The van der Waals surface area contributed by atoms with Gasteiger partial charge in [-0.05, 0) is 30.3 Å². The minimum absolute atomic E-state index is 0.537. The topological polar surface area (TPSA) is 70.8 Å². The number of pyridine rings is 1. The lowest BCUT2D eigenvalue weighted by Gasteiger charge is -2.15. The van der Waals surface area contributed by atoms with Gasteiger partial charge in [0.1, 0.15) is 0 Å². The Hall–Kier alpha value is -4.13. The molecule has 2 aromatic carbocycles. The van der Waals surface area contributed by atoms with Crippen molar-refractivity contribution < 1.29 is 14.2 Å². The third-order valence-corrected chi connectivity index (χ3v) is 5.18. The van der Waals surface area contributed by atoms with E-state index in [2.05, 4.69) is 4.98 Å². The summed E-state index contributed by atoms with van der Waals surface area (Å²) in [7, 11) is 4.79. The maximum Gasteiger partial charge on any atom is 0.203 e. The Labute approximate surface area is 178 Å². The fourth-order valence-corrected chi connectivity index (χ4v) is 3.71. The predicted octanol–water partition coefficient (Wildman–Crippen LogP) is 4.64. The Morgan fingerprint density at radius 3 is 2.19 bits per heavy atom. The summed E-state index contributed by atoms with van der Waals surface area (Å²) in [6.45, 7) is 0. The second-order valence-corrected chi connectivity index (χ2v) is 6.92. The summed E-state index contributed by atoms with van der Waals surface area (Å²) >= 11 is 0. The molecule has 3 aromatic heterocycles. The largest absolute Gasteiger partial charge is 0.493 e. The lowest BCUT2D eigenvalue weighted by Crippen LogP contribution is -2.00. The van der Waals surface area contributed by atoms with E-state index >= 15 is 0 Å². The fourth-order valence-electron chi connectivity index (χ4n) is 3.71. The Morgan fingerprint density at radius 2 is 1.52 bits per heavy atom. The lowest BCUT2D eigenvalue weighted by molar-refractivity contribution is 0.324. The summed E-state index contributed by atoms with van der Waals surface area (Å²) in [5.41, 5.74) is 4.90. The van der Waals surface area contributed by atoms with Gasteiger partial charge in [-0.1, -0.05) is 30.3 Å². The Balaban J connectivity index is 1.86. The molecule has 0 saturated heterocycles. The molecule has 7 heteroatoms. The molecule has 0 fully saturated rings. The fraction of sp³-hybridized carbons (Fsp3) is 0.125. The summed E-state index contributed by atoms with van der Waals surface area (Å²) < 4.78 is 18.4. The molecule has 0 N–H and O–H groups in total. The van der Waals surface area contributed by atoms with E-state index in [9.17, 15) is 0 Å². The summed E-state index contributed by atoms with van der Waals surface area (Å²) in [6, 6.07) is 19.7. The van der Waals surface area contributed by atoms with Gasteiger partial charge < -0.3 is 14.2 Å². The van der Waals surface area contributed by atoms with E-state index in [0.717, 1.165) is 33.5 Å². The van der Waals surface area contributed by atoms with Crippen LogP contribution in [0.4, 0.5) is 0 Å². The molecule has 5 aromatic rings. The van der Waals surface area contributed by atoms with E-state index in [0.29, 0.717) is 22.9 Å². The smallest absolute Gasteiger partial charge is 0.203 e. The molecule has 0 saturated carbocycles. The molecule has 0 aliphatic heterocycles. The van der Waals surface area contributed by atoms with Crippen molar-refractivity contribution in [3.8, 4) is 39.8 Å². The molecule has 7 nitrogen and oxygen atoms in total. The van der Waals surface area contributed by atoms with Crippen molar-refractivity contribution in [2.24, 2.45) is 0 Å². The summed E-state index contributed by atoms with van der Waals surface area (Å²) in [4.78, 5) is 9.32. The maximum atomic E-state index is 5.56. The van der Waals surface area contributed by atoms with Crippen molar-refractivity contribution in [2.45, 2.75) is 0 Å². The zero-order valence-electron chi connectivity index (χ0n) is 17.4. The van der Waals surface area contributed by atoms with Gasteiger partial charge in [0.05, 0.1) is 38.1 Å². The van der Waals surface area contributed by atoms with Crippen molar-refractivity contribution in [1.29, 1.82) is 0 Å². The first-order valence-corrected chi connectivity index (χ1v) is 9.74. The van der Waals surface area contributed by atoms with E-state index in [1.807, 2.05) is 65.2 Å². The number of hydrogen-bond donors (Lipinski definition) is 0. The number of aromatic nitrogens is 4. The molecule has 154 valence electrons. The molecule has 0 unspecified atom stereocenters. The highest BCUT2D eigenvalue weighted by atomic mass is 16.5. The summed E-state index contributed by atoms with van der Waals surface area (Å²) in [6.07, 6.45) is 1.73. The number of methoxy groups -OCH3 is 3. The minimum Gasteiger partial charge on any atom is -0.493 e. The van der Waals surface area contributed by atoms with Gasteiger partial charge in [-0.2, -0.15) is 0 Å². The number of hydrogen-bond acceptors (Lipinski definition) is 6. The standard InChI is InChI=1S/C24H20N4O3/c1-29-20-12-16(13-21(30-2)22(20)31-3)19-14-18(15-8-5-4-6-9-15)26-24-17-10-7-11-25-23(17)27-28(19)24/h4-14H,1-3H3. The van der Waals surface area contributed by atoms with E-state index in [1.165, 1.54) is 0 Å². The zero-order chi connectivity index (χ0) is 21.4. The van der Waals surface area contributed by atoms with Gasteiger partial charge in [0.25, 0.3) is 0 Å². The van der Waals surface area contributed by atoms with Crippen LogP contribution in [0.1, 0.15) is 0 Å². The van der Waals surface area contributed by atoms with E-state index < -0.39 is 0 Å². The van der Waals surface area contributed by atoms with Crippen molar-refractivity contribution in [3.05, 3.63) is 66.9 Å². The average molecular weight is 412 g/mol. The highest BCUT2D eigenvalue weighted by Crippen LogP contribution is 2.42. The number of ether oxygens (including phenoxy) is 3. The first-order valence-electron chi connectivity index (χ1n) is 9.74. The normalized spacial score (nSPS) is 11.1. The van der Waals surface area contributed by atoms with E-state index in [4.69, 9.17) is 24.3 Å². The third-order valence-electron chi connectivity index (χ3n) is 5.18. The van der Waals surface area contributed by atoms with Crippen LogP contribution in [0.25, 0.3) is 39.2 Å². The number of nitrogens with zero attached hydrogens (tertiary/aromatic N) is 4. The number of rotatable bonds is 5. The van der Waals surface area contributed by atoms with Crippen LogP contribution in [0.15, 0.2) is 66.9 Å². The molecule has 0 spiro atoms. The van der Waals surface area contributed by atoms with Crippen LogP contribution >= 0.6 is 0 Å². The number of fused-ring (bicyclic) bond motifs is 3. The molecule has 0 aliphatic carbocycles. The first kappa shape index (κ1) is 18.9. The molecular weight excluding hydrogens is 392 g/mol. The molecule has 31 heavy (non-hydrogen) atoms. The third kappa shape index (κ3) is 3.11. The monoisotopic (exact) mass is 412 g/mol. The summed E-state index contributed by atoms with van der Waals surface area (Å²) in [5, 5.41) is 5.59. The van der Waals surface area contributed by atoms with Gasteiger partial charge in [0, 0.05) is 17.3 Å². The quantitative estimate of drug-likeness (QED) is 0.419. The number of benzene rings is 2. The minimum atomic E-state index is 0.537. The van der Waals surface area contributed by atoms with Gasteiger partial charge in [0.2, 0.25) is 5.75 Å². The Bertz CT molecular complexity index is 1370. The van der Waals surface area contributed by atoms with E-state index in [-0.39, 0.29) is 0 Å². The van der Waals surface area contributed by atoms with Crippen molar-refractivity contribution in [3.63, 3.8) is 0 Å².